The summed E-state index contributed by atoms with van der Waals surface area (Å²) in [5.41, 5.74) is 0.680. The minimum Gasteiger partial charge on any atom is -0.450 e. The lowest BCUT2D eigenvalue weighted by atomic mass is 10.0. The number of fused-ring (bicyclic) bond motifs is 1. The van der Waals surface area contributed by atoms with Crippen molar-refractivity contribution >= 4 is 35.6 Å². The summed E-state index contributed by atoms with van der Waals surface area (Å²) in [5, 5.41) is 2.99. The summed E-state index contributed by atoms with van der Waals surface area (Å²) in [6.45, 7) is 3.07. The molecule has 1 atom stereocenters. The van der Waals surface area contributed by atoms with Gasteiger partial charge in [0.1, 0.15) is 6.04 Å². The van der Waals surface area contributed by atoms with Crippen molar-refractivity contribution in [1.82, 2.24) is 15.1 Å². The average molecular weight is 434 g/mol. The molecule has 0 aliphatic carbocycles. The average Bonchev–Trinajstić information content (AvgIpc) is 3.00. The van der Waals surface area contributed by atoms with Crippen LogP contribution in [0.4, 0.5) is 4.79 Å². The van der Waals surface area contributed by atoms with Crippen molar-refractivity contribution in [2.45, 2.75) is 38.3 Å². The van der Waals surface area contributed by atoms with Crippen LogP contribution in [0.5, 0.6) is 0 Å². The van der Waals surface area contributed by atoms with E-state index in [9.17, 15) is 19.2 Å². The van der Waals surface area contributed by atoms with Crippen LogP contribution in [0.3, 0.4) is 0 Å². The molecule has 2 aliphatic heterocycles. The molecule has 30 heavy (non-hydrogen) atoms. The van der Waals surface area contributed by atoms with Gasteiger partial charge in [-0.2, -0.15) is 11.8 Å². The van der Waals surface area contributed by atoms with Crippen molar-refractivity contribution in [3.63, 3.8) is 0 Å². The first kappa shape index (κ1) is 22.1. The number of nitrogens with one attached hydrogen (secondary N) is 1. The summed E-state index contributed by atoms with van der Waals surface area (Å²) in [7, 11) is 0. The summed E-state index contributed by atoms with van der Waals surface area (Å²) in [5.74, 6) is -0.525. The van der Waals surface area contributed by atoms with Gasteiger partial charge in [-0.25, -0.2) is 4.79 Å². The Labute approximate surface area is 180 Å². The molecule has 2 aliphatic rings. The van der Waals surface area contributed by atoms with Crippen molar-refractivity contribution in [1.29, 1.82) is 0 Å². The van der Waals surface area contributed by atoms with Crippen LogP contribution in [0.15, 0.2) is 24.3 Å². The van der Waals surface area contributed by atoms with E-state index in [1.165, 1.54) is 0 Å². The van der Waals surface area contributed by atoms with Gasteiger partial charge in [0.05, 0.1) is 17.7 Å². The number of carbonyl (C=O) groups is 4. The number of hydrogen-bond acceptors (Lipinski definition) is 6. The van der Waals surface area contributed by atoms with E-state index in [0.29, 0.717) is 55.8 Å². The molecular weight excluding hydrogens is 406 g/mol. The lowest BCUT2D eigenvalue weighted by Crippen LogP contribution is -2.54. The second kappa shape index (κ2) is 9.97. The number of thioether (sulfide) groups is 1. The van der Waals surface area contributed by atoms with Crippen LogP contribution in [-0.2, 0) is 9.53 Å². The molecule has 1 aromatic carbocycles. The van der Waals surface area contributed by atoms with Gasteiger partial charge in [-0.1, -0.05) is 12.1 Å². The molecule has 3 rings (SSSR count). The van der Waals surface area contributed by atoms with Crippen molar-refractivity contribution in [3.8, 4) is 0 Å². The molecule has 0 aromatic heterocycles. The van der Waals surface area contributed by atoms with Gasteiger partial charge in [0.15, 0.2) is 0 Å². The third kappa shape index (κ3) is 4.61. The fourth-order valence-electron chi connectivity index (χ4n) is 3.82. The number of rotatable bonds is 7. The summed E-state index contributed by atoms with van der Waals surface area (Å²) < 4.78 is 5.02. The molecule has 0 saturated carbocycles. The highest BCUT2D eigenvalue weighted by Gasteiger charge is 2.42. The summed E-state index contributed by atoms with van der Waals surface area (Å²) >= 11 is 1.56. The van der Waals surface area contributed by atoms with Gasteiger partial charge in [0, 0.05) is 19.1 Å². The maximum absolute atomic E-state index is 13.1. The number of benzene rings is 1. The van der Waals surface area contributed by atoms with Gasteiger partial charge in [-0.3, -0.25) is 19.3 Å². The van der Waals surface area contributed by atoms with Gasteiger partial charge in [-0.05, 0) is 50.3 Å². The predicted octanol–water partition coefficient (Wildman–Crippen LogP) is 2.14. The molecular formula is C21H27N3O5S. The first-order chi connectivity index (χ1) is 14.5. The summed E-state index contributed by atoms with van der Waals surface area (Å²) in [6, 6.07) is 5.68. The molecule has 2 heterocycles. The molecule has 0 unspecified atom stereocenters. The summed E-state index contributed by atoms with van der Waals surface area (Å²) in [6.07, 6.45) is 3.16. The van der Waals surface area contributed by atoms with E-state index in [-0.39, 0.29) is 18.0 Å². The molecule has 8 nitrogen and oxygen atoms in total. The lowest BCUT2D eigenvalue weighted by molar-refractivity contribution is -0.126. The molecule has 0 radical (unpaired) electrons. The SMILES string of the molecule is CCOC(=O)N1CCC(NC(=O)[C@H](CCSC)N2C(=O)c3ccccc3C2=O)CC1. The number of nitrogens with zero attached hydrogens (tertiary/aromatic N) is 2. The first-order valence-electron chi connectivity index (χ1n) is 10.2. The third-order valence-corrected chi connectivity index (χ3v) is 6.05. The largest absolute Gasteiger partial charge is 0.450 e. The minimum absolute atomic E-state index is 0.116. The number of hydrogen-bond donors (Lipinski definition) is 1. The zero-order valence-corrected chi connectivity index (χ0v) is 18.1. The monoisotopic (exact) mass is 433 g/mol. The molecule has 1 aromatic rings. The van der Waals surface area contributed by atoms with Crippen LogP contribution in [0.2, 0.25) is 0 Å². The molecule has 9 heteroatoms. The van der Waals surface area contributed by atoms with Gasteiger partial charge < -0.3 is 15.0 Å². The number of likely N-dealkylation sites (tertiary alicyclic amines) is 1. The fraction of sp³-hybridized carbons (Fsp3) is 0.524. The van der Waals surface area contributed by atoms with E-state index in [1.54, 1.807) is 47.9 Å². The Bertz CT molecular complexity index is 788. The maximum atomic E-state index is 13.1. The van der Waals surface area contributed by atoms with Gasteiger partial charge in [-0.15, -0.1) is 0 Å². The van der Waals surface area contributed by atoms with Crippen LogP contribution in [0, 0.1) is 0 Å². The minimum atomic E-state index is -0.854. The molecule has 0 spiro atoms. The van der Waals surface area contributed by atoms with Gasteiger partial charge in [0.25, 0.3) is 11.8 Å². The quantitative estimate of drug-likeness (QED) is 0.662. The number of carbonyl (C=O) groups excluding carboxylic acids is 4. The zero-order chi connectivity index (χ0) is 21.7. The Balaban J connectivity index is 1.67. The van der Waals surface area contributed by atoms with Crippen LogP contribution in [0.25, 0.3) is 0 Å². The lowest BCUT2D eigenvalue weighted by Gasteiger charge is -2.33. The van der Waals surface area contributed by atoms with Crippen LogP contribution < -0.4 is 5.32 Å². The van der Waals surface area contributed by atoms with E-state index in [2.05, 4.69) is 5.32 Å². The van der Waals surface area contributed by atoms with E-state index in [1.807, 2.05) is 6.26 Å². The molecule has 1 N–H and O–H groups in total. The van der Waals surface area contributed by atoms with E-state index in [4.69, 9.17) is 4.74 Å². The van der Waals surface area contributed by atoms with Crippen molar-refractivity contribution in [2.24, 2.45) is 0 Å². The van der Waals surface area contributed by atoms with Crippen LogP contribution in [0.1, 0.15) is 46.9 Å². The predicted molar refractivity (Wildman–Crippen MR) is 113 cm³/mol. The number of imide groups is 1. The number of amides is 4. The Kier molecular flexibility index (Phi) is 7.36. The highest BCUT2D eigenvalue weighted by Crippen LogP contribution is 2.26. The topological polar surface area (TPSA) is 96.0 Å². The molecule has 4 amide bonds. The van der Waals surface area contributed by atoms with E-state index in [0.717, 1.165) is 4.90 Å². The Morgan fingerprint density at radius 3 is 2.30 bits per heavy atom. The Morgan fingerprint density at radius 2 is 1.77 bits per heavy atom. The maximum Gasteiger partial charge on any atom is 0.409 e. The van der Waals surface area contributed by atoms with E-state index >= 15 is 0 Å². The normalized spacial score (nSPS) is 17.7. The van der Waals surface area contributed by atoms with Gasteiger partial charge in [0.2, 0.25) is 5.91 Å². The molecule has 1 fully saturated rings. The fourth-order valence-corrected chi connectivity index (χ4v) is 4.28. The second-order valence-electron chi connectivity index (χ2n) is 7.29. The first-order valence-corrected chi connectivity index (χ1v) is 11.5. The molecule has 162 valence electrons. The Hall–Kier alpha value is -2.55. The highest BCUT2D eigenvalue weighted by atomic mass is 32.2. The highest BCUT2D eigenvalue weighted by molar-refractivity contribution is 7.98. The van der Waals surface area contributed by atoms with Gasteiger partial charge >= 0.3 is 6.09 Å². The summed E-state index contributed by atoms with van der Waals surface area (Å²) in [4.78, 5) is 53.4. The number of piperidine rings is 1. The van der Waals surface area contributed by atoms with Crippen LogP contribution >= 0.6 is 11.8 Å². The smallest absolute Gasteiger partial charge is 0.409 e. The zero-order valence-electron chi connectivity index (χ0n) is 17.3. The van der Waals surface area contributed by atoms with Crippen molar-refractivity contribution in [3.05, 3.63) is 35.4 Å². The van der Waals surface area contributed by atoms with Crippen molar-refractivity contribution < 1.29 is 23.9 Å². The third-order valence-electron chi connectivity index (χ3n) is 5.40. The van der Waals surface area contributed by atoms with Crippen molar-refractivity contribution in [2.75, 3.05) is 31.7 Å². The molecule has 1 saturated heterocycles. The molecule has 0 bridgehead atoms. The van der Waals surface area contributed by atoms with E-state index < -0.39 is 17.9 Å². The van der Waals surface area contributed by atoms with Crippen LogP contribution in [-0.4, -0.2) is 77.4 Å². The standard InChI is InChI=1S/C21H27N3O5S/c1-3-29-21(28)23-11-8-14(9-12-23)22-18(25)17(10-13-30-2)24-19(26)15-6-4-5-7-16(15)20(24)27/h4-7,14,17H,3,8-13H2,1-2H3,(H,22,25)/t17-/m0/s1. The number of ether oxygens (including phenoxy) is 1. The Morgan fingerprint density at radius 1 is 1.17 bits per heavy atom. The second-order valence-corrected chi connectivity index (χ2v) is 8.28.